The van der Waals surface area contributed by atoms with Crippen molar-refractivity contribution in [3.63, 3.8) is 0 Å². The molecule has 3 aromatic rings. The number of nitro benzene ring substituents is 1. The molecule has 1 aromatic heterocycles. The highest BCUT2D eigenvalue weighted by molar-refractivity contribution is 8.00. The Balaban J connectivity index is 1.49. The zero-order valence-corrected chi connectivity index (χ0v) is 15.4. The number of benzene rings is 2. The van der Waals surface area contributed by atoms with E-state index >= 15 is 0 Å². The van der Waals surface area contributed by atoms with Crippen LogP contribution in [-0.4, -0.2) is 21.1 Å². The lowest BCUT2D eigenvalue weighted by molar-refractivity contribution is -0.384. The van der Waals surface area contributed by atoms with Crippen LogP contribution in [0.5, 0.6) is 0 Å². The van der Waals surface area contributed by atoms with Crippen molar-refractivity contribution < 1.29 is 9.72 Å². The Morgan fingerprint density at radius 3 is 2.59 bits per heavy atom. The number of nitrogens with zero attached hydrogens (tertiary/aromatic N) is 1. The van der Waals surface area contributed by atoms with Gasteiger partial charge in [-0.2, -0.15) is 0 Å². The number of carbonyl (C=O) groups excluding carboxylic acids is 1. The van der Waals surface area contributed by atoms with Crippen molar-refractivity contribution >= 4 is 39.9 Å². The number of thioether (sulfide) groups is 1. The second-order valence-corrected chi connectivity index (χ2v) is 8.07. The van der Waals surface area contributed by atoms with E-state index in [1.165, 1.54) is 42.7 Å². The van der Waals surface area contributed by atoms with Gasteiger partial charge >= 0.3 is 0 Å². The highest BCUT2D eigenvalue weighted by Crippen LogP contribution is 2.35. The number of anilines is 1. The largest absolute Gasteiger partial charge is 0.360 e. The van der Waals surface area contributed by atoms with Gasteiger partial charge in [-0.05, 0) is 43.2 Å². The van der Waals surface area contributed by atoms with Crippen molar-refractivity contribution in [2.75, 3.05) is 5.32 Å². The Morgan fingerprint density at radius 2 is 1.89 bits per heavy atom. The first-order chi connectivity index (χ1) is 13.1. The Bertz CT molecular complexity index is 991. The summed E-state index contributed by atoms with van der Waals surface area (Å²) >= 11 is 1.90. The van der Waals surface area contributed by atoms with Crippen molar-refractivity contribution in [2.24, 2.45) is 0 Å². The second-order valence-electron chi connectivity index (χ2n) is 6.69. The molecule has 1 amide bonds. The Labute approximate surface area is 160 Å². The van der Waals surface area contributed by atoms with Gasteiger partial charge in [-0.3, -0.25) is 14.9 Å². The van der Waals surface area contributed by atoms with Gasteiger partial charge in [0.25, 0.3) is 11.6 Å². The highest BCUT2D eigenvalue weighted by Gasteiger charge is 2.17. The number of hydrogen-bond acceptors (Lipinski definition) is 4. The van der Waals surface area contributed by atoms with Crippen LogP contribution in [0.4, 0.5) is 11.4 Å². The van der Waals surface area contributed by atoms with E-state index in [0.717, 1.165) is 0 Å². The van der Waals surface area contributed by atoms with E-state index in [0.29, 0.717) is 27.4 Å². The van der Waals surface area contributed by atoms with Crippen LogP contribution in [0, 0.1) is 10.1 Å². The van der Waals surface area contributed by atoms with Gasteiger partial charge in [0.2, 0.25) is 0 Å². The molecule has 27 heavy (non-hydrogen) atoms. The number of non-ortho nitro benzene ring substituents is 1. The summed E-state index contributed by atoms with van der Waals surface area (Å²) in [5.41, 5.74) is 1.74. The maximum Gasteiger partial charge on any atom is 0.270 e. The first kappa shape index (κ1) is 17.6. The third kappa shape index (κ3) is 3.83. The minimum atomic E-state index is -0.463. The predicted molar refractivity (Wildman–Crippen MR) is 107 cm³/mol. The average Bonchev–Trinajstić information content (AvgIpc) is 3.32. The average molecular weight is 381 g/mol. The zero-order valence-electron chi connectivity index (χ0n) is 14.6. The molecule has 4 rings (SSSR count). The lowest BCUT2D eigenvalue weighted by atomic mass is 10.1. The summed E-state index contributed by atoms with van der Waals surface area (Å²) in [6.07, 6.45) is 6.75. The van der Waals surface area contributed by atoms with Crippen LogP contribution in [0.2, 0.25) is 0 Å². The smallest absolute Gasteiger partial charge is 0.270 e. The van der Waals surface area contributed by atoms with Crippen molar-refractivity contribution in [1.29, 1.82) is 0 Å². The van der Waals surface area contributed by atoms with E-state index in [2.05, 4.69) is 10.3 Å². The Kier molecular flexibility index (Phi) is 4.85. The van der Waals surface area contributed by atoms with E-state index in [9.17, 15) is 14.9 Å². The van der Waals surface area contributed by atoms with Crippen molar-refractivity contribution in [3.8, 4) is 0 Å². The van der Waals surface area contributed by atoms with Gasteiger partial charge in [0, 0.05) is 45.1 Å². The van der Waals surface area contributed by atoms with E-state index < -0.39 is 4.92 Å². The Hall–Kier alpha value is -2.80. The fourth-order valence-corrected chi connectivity index (χ4v) is 4.67. The van der Waals surface area contributed by atoms with Crippen LogP contribution in [0.3, 0.4) is 0 Å². The molecule has 2 aromatic carbocycles. The van der Waals surface area contributed by atoms with E-state index in [-0.39, 0.29) is 11.6 Å². The minimum Gasteiger partial charge on any atom is -0.360 e. The quantitative estimate of drug-likeness (QED) is 0.460. The lowest BCUT2D eigenvalue weighted by Gasteiger charge is -2.10. The number of fused-ring (bicyclic) bond motifs is 1. The minimum absolute atomic E-state index is 0.0376. The summed E-state index contributed by atoms with van der Waals surface area (Å²) < 4.78 is 0. The molecule has 0 saturated heterocycles. The molecule has 6 nitrogen and oxygen atoms in total. The van der Waals surface area contributed by atoms with Crippen molar-refractivity contribution in [3.05, 3.63) is 64.3 Å². The van der Waals surface area contributed by atoms with Crippen LogP contribution in [0.15, 0.2) is 53.6 Å². The SMILES string of the molecule is O=C(Nc1ccc(SC2CCCC2)cc1)c1c[nH]c2ccc([N+](=O)[O-])cc12. The fourth-order valence-electron chi connectivity index (χ4n) is 3.42. The van der Waals surface area contributed by atoms with E-state index in [4.69, 9.17) is 0 Å². The van der Waals surface area contributed by atoms with Crippen LogP contribution in [0.1, 0.15) is 36.0 Å². The molecular formula is C20H19N3O3S. The number of aromatic amines is 1. The third-order valence-electron chi connectivity index (χ3n) is 4.84. The third-order valence-corrected chi connectivity index (χ3v) is 6.19. The topological polar surface area (TPSA) is 88.0 Å². The Morgan fingerprint density at radius 1 is 1.15 bits per heavy atom. The van der Waals surface area contributed by atoms with Crippen LogP contribution in [-0.2, 0) is 0 Å². The molecule has 2 N–H and O–H groups in total. The summed E-state index contributed by atoms with van der Waals surface area (Å²) in [5.74, 6) is -0.294. The van der Waals surface area contributed by atoms with Gasteiger partial charge in [0.15, 0.2) is 0 Å². The molecule has 0 atom stereocenters. The van der Waals surface area contributed by atoms with Gasteiger partial charge in [0.05, 0.1) is 10.5 Å². The maximum atomic E-state index is 12.6. The lowest BCUT2D eigenvalue weighted by Crippen LogP contribution is -2.11. The molecule has 1 heterocycles. The van der Waals surface area contributed by atoms with Crippen LogP contribution < -0.4 is 5.32 Å². The van der Waals surface area contributed by atoms with Gasteiger partial charge in [-0.1, -0.05) is 12.8 Å². The number of amides is 1. The summed E-state index contributed by atoms with van der Waals surface area (Å²) in [5, 5.41) is 15.1. The maximum absolute atomic E-state index is 12.6. The molecule has 1 aliphatic carbocycles. The number of hydrogen-bond donors (Lipinski definition) is 2. The molecule has 0 aliphatic heterocycles. The molecule has 0 radical (unpaired) electrons. The highest BCUT2D eigenvalue weighted by atomic mass is 32.2. The number of nitro groups is 1. The number of carbonyl (C=O) groups is 1. The molecule has 7 heteroatoms. The molecule has 0 bridgehead atoms. The predicted octanol–water partition coefficient (Wildman–Crippen LogP) is 5.36. The van der Waals surface area contributed by atoms with E-state index in [1.807, 2.05) is 36.0 Å². The molecule has 1 aliphatic rings. The number of nitrogens with one attached hydrogen (secondary N) is 2. The van der Waals surface area contributed by atoms with Gasteiger partial charge in [0.1, 0.15) is 0 Å². The van der Waals surface area contributed by atoms with Crippen LogP contribution >= 0.6 is 11.8 Å². The number of H-pyrrole nitrogens is 1. The molecule has 1 saturated carbocycles. The van der Waals surface area contributed by atoms with Crippen LogP contribution in [0.25, 0.3) is 10.9 Å². The summed E-state index contributed by atoms with van der Waals surface area (Å²) in [7, 11) is 0. The molecular weight excluding hydrogens is 362 g/mol. The normalized spacial score (nSPS) is 14.5. The molecule has 0 spiro atoms. The molecule has 0 unspecified atom stereocenters. The monoisotopic (exact) mass is 381 g/mol. The molecule has 138 valence electrons. The second kappa shape index (κ2) is 7.44. The zero-order chi connectivity index (χ0) is 18.8. The molecule has 1 fully saturated rings. The fraction of sp³-hybridized carbons (Fsp3) is 0.250. The van der Waals surface area contributed by atoms with Gasteiger partial charge in [-0.15, -0.1) is 11.8 Å². The van der Waals surface area contributed by atoms with Gasteiger partial charge < -0.3 is 10.3 Å². The standard InChI is InChI=1S/C20H19N3O3S/c24-20(18-12-21-19-10-7-14(23(25)26)11-17(18)19)22-13-5-8-16(9-6-13)27-15-3-1-2-4-15/h5-12,15,21H,1-4H2,(H,22,24). The first-order valence-electron chi connectivity index (χ1n) is 8.94. The van der Waals surface area contributed by atoms with Gasteiger partial charge in [-0.25, -0.2) is 0 Å². The number of rotatable bonds is 5. The van der Waals surface area contributed by atoms with Crippen molar-refractivity contribution in [2.45, 2.75) is 35.8 Å². The van der Waals surface area contributed by atoms with E-state index in [1.54, 1.807) is 12.3 Å². The number of aromatic nitrogens is 1. The first-order valence-corrected chi connectivity index (χ1v) is 9.82. The van der Waals surface area contributed by atoms with Crippen molar-refractivity contribution in [1.82, 2.24) is 4.98 Å². The summed E-state index contributed by atoms with van der Waals surface area (Å²) in [6.45, 7) is 0. The summed E-state index contributed by atoms with van der Waals surface area (Å²) in [4.78, 5) is 27.3. The summed E-state index contributed by atoms with van der Waals surface area (Å²) in [6, 6.07) is 12.3.